The number of anilines is 1. The number of hydrogen-bond acceptors (Lipinski definition) is 8. The van der Waals surface area contributed by atoms with Crippen molar-refractivity contribution in [3.05, 3.63) is 53.1 Å². The van der Waals surface area contributed by atoms with E-state index in [-0.39, 0.29) is 24.0 Å². The van der Waals surface area contributed by atoms with Gasteiger partial charge in [-0.15, -0.1) is 0 Å². The monoisotopic (exact) mass is 610 g/mol. The Bertz CT molecular complexity index is 1560. The summed E-state index contributed by atoms with van der Waals surface area (Å²) in [5, 5.41) is 13.2. The molecule has 1 atom stereocenters. The number of nitrogens with one attached hydrogen (secondary N) is 1. The van der Waals surface area contributed by atoms with Crippen molar-refractivity contribution in [1.29, 1.82) is 0 Å². The van der Waals surface area contributed by atoms with Gasteiger partial charge in [0.1, 0.15) is 29.7 Å². The van der Waals surface area contributed by atoms with E-state index >= 15 is 4.39 Å². The maximum absolute atomic E-state index is 15.4. The highest BCUT2D eigenvalue weighted by molar-refractivity contribution is 7.89. The number of aryl methyl sites for hydroxylation is 1. The highest BCUT2D eigenvalue weighted by Crippen LogP contribution is 2.42. The fourth-order valence-corrected chi connectivity index (χ4v) is 6.48. The van der Waals surface area contributed by atoms with E-state index in [1.54, 1.807) is 26.0 Å². The minimum absolute atomic E-state index is 0.0402. The summed E-state index contributed by atoms with van der Waals surface area (Å²) in [4.78, 5) is 8.92. The molecule has 0 aliphatic heterocycles. The molecule has 0 radical (unpaired) electrons. The molecule has 13 heteroatoms. The van der Waals surface area contributed by atoms with Crippen LogP contribution in [-0.2, 0) is 15.9 Å². The van der Waals surface area contributed by atoms with Gasteiger partial charge in [0.2, 0.25) is 10.0 Å². The number of fused-ring (bicyclic) bond motifs is 1. The van der Waals surface area contributed by atoms with E-state index in [1.807, 2.05) is 0 Å². The zero-order valence-corrected chi connectivity index (χ0v) is 25.4. The Kier molecular flexibility index (Phi) is 8.96. The van der Waals surface area contributed by atoms with Crippen molar-refractivity contribution in [2.75, 3.05) is 32.6 Å². The minimum atomic E-state index is -3.83. The van der Waals surface area contributed by atoms with Gasteiger partial charge in [0.25, 0.3) is 0 Å². The second-order valence-electron chi connectivity index (χ2n) is 11.1. The lowest BCUT2D eigenvalue weighted by atomic mass is 9.91. The van der Waals surface area contributed by atoms with Crippen molar-refractivity contribution >= 4 is 26.7 Å². The van der Waals surface area contributed by atoms with Crippen molar-refractivity contribution in [3.63, 3.8) is 0 Å². The molecule has 4 rings (SSSR count). The summed E-state index contributed by atoms with van der Waals surface area (Å²) < 4.78 is 83.1. The number of sulfonamides is 1. The minimum Gasteiger partial charge on any atom is -0.493 e. The van der Waals surface area contributed by atoms with Crippen LogP contribution in [0.5, 0.6) is 11.5 Å². The smallest absolute Gasteiger partial charge is 0.303 e. The molecule has 1 aromatic heterocycles. The molecule has 1 fully saturated rings. The highest BCUT2D eigenvalue weighted by Gasteiger charge is 2.49. The van der Waals surface area contributed by atoms with Crippen LogP contribution in [0, 0.1) is 12.7 Å². The van der Waals surface area contributed by atoms with E-state index in [0.717, 1.165) is 26.3 Å². The van der Waals surface area contributed by atoms with Crippen molar-refractivity contribution in [1.82, 2.24) is 14.3 Å². The van der Waals surface area contributed by atoms with Crippen LogP contribution in [0.2, 0.25) is 0 Å². The topological polar surface area (TPSA) is 114 Å². The molecule has 42 heavy (non-hydrogen) atoms. The fourth-order valence-electron chi connectivity index (χ4n) is 4.71. The summed E-state index contributed by atoms with van der Waals surface area (Å²) in [5.74, 6) is -3.57. The molecule has 2 N–H and O–H groups in total. The van der Waals surface area contributed by atoms with Crippen LogP contribution >= 0.6 is 0 Å². The molecule has 230 valence electrons. The Hall–Kier alpha value is -3.16. The first-order chi connectivity index (χ1) is 19.6. The molecule has 3 aromatic rings. The van der Waals surface area contributed by atoms with Gasteiger partial charge in [-0.2, -0.15) is 8.78 Å². The number of hydrogen-bond donors (Lipinski definition) is 2. The molecule has 0 saturated heterocycles. The number of rotatable bonds is 12. The summed E-state index contributed by atoms with van der Waals surface area (Å²) in [6.07, 6.45) is 2.23. The Balaban J connectivity index is 1.62. The fraction of sp³-hybridized carbons (Fsp3) is 0.517. The van der Waals surface area contributed by atoms with E-state index in [0.29, 0.717) is 46.9 Å². The average molecular weight is 611 g/mol. The standard InChI is InChI=1S/C29H37F3N4O5S/c1-17(20-11-8-12-22(26(20)30)29(31,32)28(3,4)37)33-27-21-15-25(24(40-6)16-23(21)34-18(2)35-27)41-14-13-36(5)42(38,39)19-9-7-10-19/h8,11-12,15-17,19,37H,7,9-10,13-14H2,1-6H3,(H,33,34,35)/t17-/m1/s1. The SMILES string of the molecule is COc1cc2nc(C)nc(N[C@H](C)c3cccc(C(F)(F)C(C)(C)O)c3F)c2cc1OCCN(C)S(=O)(=O)C1CCC1. The maximum Gasteiger partial charge on any atom is 0.303 e. The van der Waals surface area contributed by atoms with Crippen LogP contribution < -0.4 is 14.8 Å². The van der Waals surface area contributed by atoms with Gasteiger partial charge in [0.05, 0.1) is 29.5 Å². The largest absolute Gasteiger partial charge is 0.493 e. The quantitative estimate of drug-likeness (QED) is 0.284. The van der Waals surface area contributed by atoms with E-state index in [4.69, 9.17) is 9.47 Å². The predicted molar refractivity (Wildman–Crippen MR) is 154 cm³/mol. The normalized spacial score (nSPS) is 15.5. The predicted octanol–water partition coefficient (Wildman–Crippen LogP) is 5.31. The third kappa shape index (κ3) is 6.13. The van der Waals surface area contributed by atoms with Gasteiger partial charge >= 0.3 is 5.92 Å². The average Bonchev–Trinajstić information content (AvgIpc) is 2.86. The number of aromatic nitrogens is 2. The molecular weight excluding hydrogens is 573 g/mol. The zero-order chi connectivity index (χ0) is 31.0. The van der Waals surface area contributed by atoms with Crippen molar-refractivity contribution in [3.8, 4) is 11.5 Å². The molecule has 1 saturated carbocycles. The molecule has 0 spiro atoms. The molecule has 0 unspecified atom stereocenters. The van der Waals surface area contributed by atoms with Gasteiger partial charge in [-0.05, 0) is 52.7 Å². The Morgan fingerprint density at radius 1 is 1.19 bits per heavy atom. The summed E-state index contributed by atoms with van der Waals surface area (Å²) in [6.45, 7) is 5.33. The van der Waals surface area contributed by atoms with E-state index in [2.05, 4.69) is 15.3 Å². The molecule has 2 aromatic carbocycles. The van der Waals surface area contributed by atoms with Crippen LogP contribution in [0.15, 0.2) is 30.3 Å². The van der Waals surface area contributed by atoms with Crippen LogP contribution in [0.25, 0.3) is 10.9 Å². The third-order valence-electron chi connectivity index (χ3n) is 7.62. The number of methoxy groups -OCH3 is 1. The molecule has 9 nitrogen and oxygen atoms in total. The van der Waals surface area contributed by atoms with Gasteiger partial charge < -0.3 is 19.9 Å². The zero-order valence-electron chi connectivity index (χ0n) is 24.5. The van der Waals surface area contributed by atoms with Gasteiger partial charge in [0.15, 0.2) is 11.5 Å². The van der Waals surface area contributed by atoms with Gasteiger partial charge in [0, 0.05) is 30.6 Å². The van der Waals surface area contributed by atoms with Crippen LogP contribution in [0.4, 0.5) is 19.0 Å². The molecule has 0 bridgehead atoms. The molecule has 1 aliphatic carbocycles. The Morgan fingerprint density at radius 3 is 2.48 bits per heavy atom. The van der Waals surface area contributed by atoms with Gasteiger partial charge in [-0.3, -0.25) is 0 Å². The Labute approximate surface area is 244 Å². The van der Waals surface area contributed by atoms with Crippen molar-refractivity contribution in [2.24, 2.45) is 0 Å². The first-order valence-electron chi connectivity index (χ1n) is 13.7. The highest BCUT2D eigenvalue weighted by atomic mass is 32.2. The summed E-state index contributed by atoms with van der Waals surface area (Å²) >= 11 is 0. The van der Waals surface area contributed by atoms with Crippen LogP contribution in [0.3, 0.4) is 0 Å². The number of nitrogens with zero attached hydrogens (tertiary/aromatic N) is 3. The maximum atomic E-state index is 15.4. The van der Waals surface area contributed by atoms with Gasteiger partial charge in [-0.1, -0.05) is 18.6 Å². The lowest BCUT2D eigenvalue weighted by Crippen LogP contribution is -2.41. The van der Waals surface area contributed by atoms with E-state index in [9.17, 15) is 22.3 Å². The molecular formula is C29H37F3N4O5S. The third-order valence-corrected chi connectivity index (χ3v) is 9.98. The number of alkyl halides is 2. The van der Waals surface area contributed by atoms with E-state index < -0.39 is 39.0 Å². The van der Waals surface area contributed by atoms with Crippen molar-refractivity contribution in [2.45, 2.75) is 69.8 Å². The second kappa shape index (κ2) is 11.8. The first-order valence-corrected chi connectivity index (χ1v) is 15.2. The molecule has 1 heterocycles. The molecule has 1 aliphatic rings. The second-order valence-corrected chi connectivity index (χ2v) is 13.4. The van der Waals surface area contributed by atoms with Crippen LogP contribution in [0.1, 0.15) is 63.0 Å². The number of ether oxygens (including phenoxy) is 2. The van der Waals surface area contributed by atoms with Gasteiger partial charge in [-0.25, -0.2) is 27.1 Å². The summed E-state index contributed by atoms with van der Waals surface area (Å²) in [6, 6.07) is 6.13. The van der Waals surface area contributed by atoms with Crippen LogP contribution in [-0.4, -0.2) is 66.0 Å². The number of halogens is 3. The molecule has 0 amide bonds. The van der Waals surface area contributed by atoms with E-state index in [1.165, 1.54) is 30.6 Å². The number of aliphatic hydroxyl groups is 1. The first kappa shape index (κ1) is 31.8. The summed E-state index contributed by atoms with van der Waals surface area (Å²) in [5.41, 5.74) is -2.93. The summed E-state index contributed by atoms with van der Waals surface area (Å²) in [7, 11) is -0.386. The van der Waals surface area contributed by atoms with Crippen molar-refractivity contribution < 1.29 is 36.2 Å². The lowest BCUT2D eigenvalue weighted by molar-refractivity contribution is -0.170. The number of likely N-dealkylation sites (N-methyl/N-ethyl adjacent to an activating group) is 1. The lowest BCUT2D eigenvalue weighted by Gasteiger charge is -2.30. The Morgan fingerprint density at radius 2 is 1.88 bits per heavy atom. The number of benzene rings is 2.